The second kappa shape index (κ2) is 14.8. The summed E-state index contributed by atoms with van der Waals surface area (Å²) in [6, 6.07) is 0. The molecule has 0 aromatic carbocycles. The smallest absolute Gasteiger partial charge is 0.342 e. The van der Waals surface area contributed by atoms with Crippen molar-refractivity contribution >= 4 is 11.9 Å². The van der Waals surface area contributed by atoms with E-state index in [-0.39, 0.29) is 5.91 Å². The van der Waals surface area contributed by atoms with Crippen LogP contribution in [0.15, 0.2) is 12.3 Å². The van der Waals surface area contributed by atoms with Crippen LogP contribution in [-0.4, -0.2) is 34.6 Å². The second-order valence-corrected chi connectivity index (χ2v) is 7.33. The molecular weight excluding hydrogens is 328 g/mol. The van der Waals surface area contributed by atoms with Gasteiger partial charge < -0.3 is 5.11 Å². The minimum atomic E-state index is -1.01. The molecule has 0 aromatic heterocycles. The van der Waals surface area contributed by atoms with E-state index in [1.54, 1.807) is 12.3 Å². The molecule has 1 atom stereocenters. The fourth-order valence-electron chi connectivity index (χ4n) is 3.39. The first-order valence-electron chi connectivity index (χ1n) is 10.6. The molecule has 5 nitrogen and oxygen atoms in total. The molecule has 2 N–H and O–H groups in total. The zero-order valence-electron chi connectivity index (χ0n) is 16.5. The molecule has 1 aliphatic heterocycles. The van der Waals surface area contributed by atoms with Crippen LogP contribution < -0.4 is 5.32 Å². The van der Waals surface area contributed by atoms with Crippen LogP contribution in [0.5, 0.6) is 0 Å². The highest BCUT2D eigenvalue weighted by molar-refractivity contribution is 5.84. The van der Waals surface area contributed by atoms with Crippen LogP contribution in [0.2, 0.25) is 0 Å². The second-order valence-electron chi connectivity index (χ2n) is 7.33. The van der Waals surface area contributed by atoms with Gasteiger partial charge in [-0.25, -0.2) is 4.79 Å². The van der Waals surface area contributed by atoms with E-state index in [0.717, 1.165) is 12.8 Å². The van der Waals surface area contributed by atoms with Crippen molar-refractivity contribution in [3.8, 4) is 0 Å². The lowest BCUT2D eigenvalue weighted by Crippen LogP contribution is -2.53. The Morgan fingerprint density at radius 3 is 1.92 bits per heavy atom. The summed E-state index contributed by atoms with van der Waals surface area (Å²) in [5.41, 5.74) is 0. The summed E-state index contributed by atoms with van der Waals surface area (Å²) in [5, 5.41) is 12.0. The number of carboxylic acids is 1. The molecule has 0 radical (unpaired) electrons. The van der Waals surface area contributed by atoms with E-state index in [0.29, 0.717) is 13.0 Å². The number of hydrogen-bond donors (Lipinski definition) is 2. The van der Waals surface area contributed by atoms with Gasteiger partial charge in [-0.1, -0.05) is 90.0 Å². The first-order valence-corrected chi connectivity index (χ1v) is 10.6. The zero-order valence-corrected chi connectivity index (χ0v) is 16.5. The minimum Gasteiger partial charge on any atom is -0.479 e. The molecule has 5 heteroatoms. The first-order chi connectivity index (χ1) is 12.7. The molecule has 0 aliphatic carbocycles. The van der Waals surface area contributed by atoms with Gasteiger partial charge in [-0.2, -0.15) is 0 Å². The molecule has 1 rings (SSSR count). The minimum absolute atomic E-state index is 0.107. The van der Waals surface area contributed by atoms with E-state index in [1.807, 2.05) is 0 Å². The summed E-state index contributed by atoms with van der Waals surface area (Å²) in [6.07, 6.45) is 19.4. The normalized spacial score (nSPS) is 16.8. The predicted molar refractivity (Wildman–Crippen MR) is 106 cm³/mol. The van der Waals surface area contributed by atoms with Gasteiger partial charge in [-0.15, -0.1) is 0 Å². The lowest BCUT2D eigenvalue weighted by atomic mass is 10.0. The van der Waals surface area contributed by atoms with Gasteiger partial charge in [0.05, 0.1) is 0 Å². The molecule has 0 saturated heterocycles. The van der Waals surface area contributed by atoms with Gasteiger partial charge in [0.15, 0.2) is 6.17 Å². The van der Waals surface area contributed by atoms with Crippen molar-refractivity contribution in [3.63, 3.8) is 0 Å². The highest BCUT2D eigenvalue weighted by Gasteiger charge is 2.28. The Balaban J connectivity index is 1.95. The number of carboxylic acid groups (broad SMARTS) is 1. The molecule has 1 heterocycles. The third-order valence-electron chi connectivity index (χ3n) is 4.99. The fourth-order valence-corrected chi connectivity index (χ4v) is 3.39. The Kier molecular flexibility index (Phi) is 12.9. The van der Waals surface area contributed by atoms with Crippen molar-refractivity contribution in [2.45, 2.75) is 103 Å². The van der Waals surface area contributed by atoms with E-state index in [9.17, 15) is 9.59 Å². The Hall–Kier alpha value is -1.36. The van der Waals surface area contributed by atoms with E-state index in [2.05, 4.69) is 12.2 Å². The molecule has 0 saturated carbocycles. The molecule has 1 amide bonds. The van der Waals surface area contributed by atoms with Crippen molar-refractivity contribution in [2.75, 3.05) is 6.54 Å². The van der Waals surface area contributed by atoms with Crippen molar-refractivity contribution in [1.29, 1.82) is 0 Å². The lowest BCUT2D eigenvalue weighted by Gasteiger charge is -2.29. The zero-order chi connectivity index (χ0) is 19.0. The third-order valence-corrected chi connectivity index (χ3v) is 4.99. The summed E-state index contributed by atoms with van der Waals surface area (Å²) < 4.78 is 0. The molecule has 0 spiro atoms. The summed E-state index contributed by atoms with van der Waals surface area (Å²) >= 11 is 0. The van der Waals surface area contributed by atoms with Crippen LogP contribution in [0.25, 0.3) is 0 Å². The van der Waals surface area contributed by atoms with Crippen LogP contribution in [0, 0.1) is 0 Å². The maximum atomic E-state index is 12.2. The van der Waals surface area contributed by atoms with Crippen LogP contribution in [0.4, 0.5) is 0 Å². The van der Waals surface area contributed by atoms with Crippen LogP contribution in [0.1, 0.15) is 96.8 Å². The van der Waals surface area contributed by atoms with Gasteiger partial charge in [0.25, 0.3) is 0 Å². The van der Waals surface area contributed by atoms with Gasteiger partial charge in [0, 0.05) is 19.2 Å². The topological polar surface area (TPSA) is 69.6 Å². The number of unbranched alkanes of at least 4 members (excludes halogenated alkanes) is 12. The van der Waals surface area contributed by atoms with Gasteiger partial charge in [0.1, 0.15) is 0 Å². The number of rotatable bonds is 15. The van der Waals surface area contributed by atoms with Gasteiger partial charge in [0.2, 0.25) is 5.91 Å². The number of aliphatic carboxylic acids is 1. The molecule has 0 bridgehead atoms. The van der Waals surface area contributed by atoms with Crippen molar-refractivity contribution < 1.29 is 14.7 Å². The van der Waals surface area contributed by atoms with Crippen LogP contribution in [-0.2, 0) is 9.59 Å². The Labute approximate surface area is 159 Å². The molecular formula is C21H38N2O3. The standard InChI is InChI=1S/C21H38N2O3/c1-2-3-4-5-6-7-8-9-10-11-12-13-14-16-19(24)23-18-15-17-22-20(23)21(25)26/h15,18,20,22H,2-14,16-17H2,1H3,(H,25,26). The summed E-state index contributed by atoms with van der Waals surface area (Å²) in [5.74, 6) is -1.11. The number of carbonyl (C=O) groups is 2. The van der Waals surface area contributed by atoms with Crippen molar-refractivity contribution in [2.24, 2.45) is 0 Å². The maximum absolute atomic E-state index is 12.2. The van der Waals surface area contributed by atoms with E-state index in [4.69, 9.17) is 5.11 Å². The Morgan fingerprint density at radius 1 is 0.923 bits per heavy atom. The molecule has 1 aliphatic rings. The SMILES string of the molecule is CCCCCCCCCCCCCCCC(=O)N1C=CCNC1C(=O)O. The van der Waals surface area contributed by atoms with E-state index in [1.165, 1.54) is 75.5 Å². The van der Waals surface area contributed by atoms with Crippen molar-refractivity contribution in [3.05, 3.63) is 12.3 Å². The summed E-state index contributed by atoms with van der Waals surface area (Å²) in [7, 11) is 0. The van der Waals surface area contributed by atoms with Gasteiger partial charge >= 0.3 is 5.97 Å². The number of amides is 1. The molecule has 0 aromatic rings. The monoisotopic (exact) mass is 366 g/mol. The predicted octanol–water partition coefficient (Wildman–Crippen LogP) is 4.82. The molecule has 0 fully saturated rings. The van der Waals surface area contributed by atoms with Crippen LogP contribution >= 0.6 is 0 Å². The third kappa shape index (κ3) is 9.95. The van der Waals surface area contributed by atoms with Gasteiger partial charge in [-0.05, 0) is 6.42 Å². The average molecular weight is 367 g/mol. The summed E-state index contributed by atoms with van der Waals surface area (Å²) in [6.45, 7) is 2.74. The Bertz CT molecular complexity index is 423. The molecule has 1 unspecified atom stereocenters. The molecule has 150 valence electrons. The van der Waals surface area contributed by atoms with Crippen molar-refractivity contribution in [1.82, 2.24) is 10.2 Å². The van der Waals surface area contributed by atoms with Crippen LogP contribution in [0.3, 0.4) is 0 Å². The van der Waals surface area contributed by atoms with E-state index >= 15 is 0 Å². The quantitative estimate of drug-likeness (QED) is 0.408. The first kappa shape index (κ1) is 22.7. The number of nitrogens with zero attached hydrogens (tertiary/aromatic N) is 1. The number of hydrogen-bond acceptors (Lipinski definition) is 3. The lowest BCUT2D eigenvalue weighted by molar-refractivity contribution is -0.149. The highest BCUT2D eigenvalue weighted by Crippen LogP contribution is 2.14. The number of nitrogens with one attached hydrogen (secondary N) is 1. The van der Waals surface area contributed by atoms with E-state index < -0.39 is 12.1 Å². The number of carbonyl (C=O) groups excluding carboxylic acids is 1. The highest BCUT2D eigenvalue weighted by atomic mass is 16.4. The Morgan fingerprint density at radius 2 is 1.42 bits per heavy atom. The summed E-state index contributed by atoms with van der Waals surface area (Å²) in [4.78, 5) is 24.7. The largest absolute Gasteiger partial charge is 0.479 e. The fraction of sp³-hybridized carbons (Fsp3) is 0.810. The van der Waals surface area contributed by atoms with Gasteiger partial charge in [-0.3, -0.25) is 15.0 Å². The average Bonchev–Trinajstić information content (AvgIpc) is 2.65. The maximum Gasteiger partial charge on any atom is 0.342 e. The molecule has 26 heavy (non-hydrogen) atoms.